The Morgan fingerprint density at radius 1 is 1.09 bits per heavy atom. The number of methoxy groups -OCH3 is 1. The van der Waals surface area contributed by atoms with Crippen LogP contribution in [-0.4, -0.2) is 40.4 Å². The molecule has 8 nitrogen and oxygen atoms in total. The van der Waals surface area contributed by atoms with Gasteiger partial charge in [-0.1, -0.05) is 46.3 Å². The van der Waals surface area contributed by atoms with Crippen LogP contribution in [0, 0.1) is 0 Å². The maximum Gasteiger partial charge on any atom is 0.260 e. The highest BCUT2D eigenvalue weighted by molar-refractivity contribution is 9.10. The molecule has 3 aromatic carbocycles. The molecule has 1 N–H and O–H groups in total. The molecule has 0 saturated heterocycles. The van der Waals surface area contributed by atoms with Gasteiger partial charge in [-0.25, -0.2) is 13.8 Å². The summed E-state index contributed by atoms with van der Waals surface area (Å²) >= 11 is 6.79. The minimum Gasteiger partial charge on any atom is -0.493 e. The van der Waals surface area contributed by atoms with Crippen LogP contribution >= 0.6 is 31.9 Å². The zero-order valence-corrected chi connectivity index (χ0v) is 22.9. The Bertz CT molecular complexity index is 1300. The highest BCUT2D eigenvalue weighted by Crippen LogP contribution is 2.36. The molecule has 0 atom stereocenters. The molecule has 0 aromatic heterocycles. The average molecular weight is 625 g/mol. The number of hydrazone groups is 1. The van der Waals surface area contributed by atoms with Crippen molar-refractivity contribution in [1.82, 2.24) is 5.43 Å². The van der Waals surface area contributed by atoms with E-state index in [1.165, 1.54) is 13.3 Å². The van der Waals surface area contributed by atoms with E-state index in [2.05, 4.69) is 42.4 Å². The maximum atomic E-state index is 12.4. The third-order valence-electron chi connectivity index (χ3n) is 4.68. The summed E-state index contributed by atoms with van der Waals surface area (Å²) in [5.74, 6) is 0.431. The third kappa shape index (κ3) is 7.81. The van der Waals surface area contributed by atoms with Gasteiger partial charge in [0.25, 0.3) is 5.91 Å². The van der Waals surface area contributed by atoms with Crippen LogP contribution in [0.15, 0.2) is 80.8 Å². The van der Waals surface area contributed by atoms with Crippen LogP contribution in [0.2, 0.25) is 0 Å². The van der Waals surface area contributed by atoms with Crippen molar-refractivity contribution in [3.05, 3.63) is 86.8 Å². The Morgan fingerprint density at radius 3 is 2.40 bits per heavy atom. The lowest BCUT2D eigenvalue weighted by molar-refractivity contribution is -0.119. The third-order valence-corrected chi connectivity index (χ3v) is 6.94. The topological polar surface area (TPSA) is 97.3 Å². The largest absolute Gasteiger partial charge is 0.493 e. The molecule has 0 aliphatic rings. The molecule has 0 radical (unpaired) electrons. The Labute approximate surface area is 221 Å². The van der Waals surface area contributed by atoms with Gasteiger partial charge in [-0.2, -0.15) is 5.10 Å². The van der Waals surface area contributed by atoms with E-state index >= 15 is 0 Å². The Kier molecular flexibility index (Phi) is 9.30. The van der Waals surface area contributed by atoms with Crippen LogP contribution in [0.1, 0.15) is 11.1 Å². The molecule has 0 fully saturated rings. The number of anilines is 1. The molecular formula is C24H23Br2N3O5S. The standard InChI is InChI=1S/C24H23Br2N3O5S/c1-33-22-13-18(12-21(26)24(22)34-16-17-6-4-3-5-7-17)14-27-28-23(30)15-29(35(2,31)32)20-10-8-19(25)9-11-20/h3-14H,15-16H2,1-2H3,(H,28,30)/b27-14-. The van der Waals surface area contributed by atoms with Crippen LogP contribution < -0.4 is 19.2 Å². The number of amides is 1. The molecule has 0 saturated carbocycles. The highest BCUT2D eigenvalue weighted by Gasteiger charge is 2.20. The number of rotatable bonds is 10. The van der Waals surface area contributed by atoms with Gasteiger partial charge in [-0.3, -0.25) is 9.10 Å². The highest BCUT2D eigenvalue weighted by atomic mass is 79.9. The fourth-order valence-electron chi connectivity index (χ4n) is 3.04. The van der Waals surface area contributed by atoms with Crippen molar-refractivity contribution >= 4 is 59.7 Å². The van der Waals surface area contributed by atoms with Crippen molar-refractivity contribution in [3.8, 4) is 11.5 Å². The second-order valence-corrected chi connectivity index (χ2v) is 11.0. The van der Waals surface area contributed by atoms with Crippen molar-refractivity contribution in [3.63, 3.8) is 0 Å². The summed E-state index contributed by atoms with van der Waals surface area (Å²) in [5.41, 5.74) is 4.38. The summed E-state index contributed by atoms with van der Waals surface area (Å²) in [6.07, 6.45) is 2.47. The van der Waals surface area contributed by atoms with Crippen molar-refractivity contribution in [2.75, 3.05) is 24.2 Å². The molecule has 0 bridgehead atoms. The second kappa shape index (κ2) is 12.2. The number of ether oxygens (including phenoxy) is 2. The van der Waals surface area contributed by atoms with Gasteiger partial charge in [0.2, 0.25) is 10.0 Å². The van der Waals surface area contributed by atoms with Crippen molar-refractivity contribution in [1.29, 1.82) is 0 Å². The van der Waals surface area contributed by atoms with Gasteiger partial charge in [0, 0.05) is 4.47 Å². The summed E-state index contributed by atoms with van der Waals surface area (Å²) in [6, 6.07) is 19.8. The molecule has 184 valence electrons. The van der Waals surface area contributed by atoms with Gasteiger partial charge in [-0.05, 0) is 63.5 Å². The molecule has 0 heterocycles. The van der Waals surface area contributed by atoms with Gasteiger partial charge < -0.3 is 9.47 Å². The van der Waals surface area contributed by atoms with Crippen LogP contribution in [0.5, 0.6) is 11.5 Å². The number of nitrogens with zero attached hydrogens (tertiary/aromatic N) is 2. The van der Waals surface area contributed by atoms with Gasteiger partial charge in [0.1, 0.15) is 13.2 Å². The van der Waals surface area contributed by atoms with E-state index in [0.29, 0.717) is 33.8 Å². The molecule has 3 rings (SSSR count). The lowest BCUT2D eigenvalue weighted by Gasteiger charge is -2.21. The quantitative estimate of drug-likeness (QED) is 0.260. The van der Waals surface area contributed by atoms with Gasteiger partial charge in [0.15, 0.2) is 11.5 Å². The summed E-state index contributed by atoms with van der Waals surface area (Å²) in [6.45, 7) is -0.0500. The molecule has 11 heteroatoms. The van der Waals surface area contributed by atoms with Gasteiger partial charge >= 0.3 is 0 Å². The first-order valence-electron chi connectivity index (χ1n) is 10.3. The molecule has 0 spiro atoms. The first-order valence-corrected chi connectivity index (χ1v) is 13.7. The van der Waals surface area contributed by atoms with Gasteiger partial charge in [0.05, 0.1) is 29.7 Å². The van der Waals surface area contributed by atoms with Crippen LogP contribution in [0.3, 0.4) is 0 Å². The van der Waals surface area contributed by atoms with E-state index in [-0.39, 0.29) is 0 Å². The summed E-state index contributed by atoms with van der Waals surface area (Å²) in [7, 11) is -2.15. The average Bonchev–Trinajstić information content (AvgIpc) is 2.82. The molecular weight excluding hydrogens is 602 g/mol. The minimum atomic E-state index is -3.68. The number of carbonyl (C=O) groups is 1. The van der Waals surface area contributed by atoms with E-state index in [1.807, 2.05) is 30.3 Å². The van der Waals surface area contributed by atoms with E-state index in [4.69, 9.17) is 9.47 Å². The molecule has 1 amide bonds. The van der Waals surface area contributed by atoms with Crippen molar-refractivity contribution < 1.29 is 22.7 Å². The maximum absolute atomic E-state index is 12.4. The summed E-state index contributed by atoms with van der Waals surface area (Å²) in [5, 5.41) is 3.95. The molecule has 0 aliphatic carbocycles. The predicted molar refractivity (Wildman–Crippen MR) is 144 cm³/mol. The predicted octanol–water partition coefficient (Wildman–Crippen LogP) is 4.72. The normalized spacial score (nSPS) is 11.3. The molecule has 0 aliphatic heterocycles. The van der Waals surface area contributed by atoms with Crippen LogP contribution in [0.4, 0.5) is 5.69 Å². The number of hydrogen-bond acceptors (Lipinski definition) is 6. The summed E-state index contributed by atoms with van der Waals surface area (Å²) in [4.78, 5) is 12.4. The van der Waals surface area contributed by atoms with E-state index in [9.17, 15) is 13.2 Å². The van der Waals surface area contributed by atoms with Crippen molar-refractivity contribution in [2.45, 2.75) is 6.61 Å². The lowest BCUT2D eigenvalue weighted by atomic mass is 10.2. The SMILES string of the molecule is COc1cc(/C=N\NC(=O)CN(c2ccc(Br)cc2)S(C)(=O)=O)cc(Br)c1OCc1ccccc1. The van der Waals surface area contributed by atoms with Crippen molar-refractivity contribution in [2.24, 2.45) is 5.10 Å². The fraction of sp³-hybridized carbons (Fsp3) is 0.167. The molecule has 0 unspecified atom stereocenters. The number of carbonyl (C=O) groups excluding carboxylic acids is 1. The first-order chi connectivity index (χ1) is 16.7. The number of nitrogens with one attached hydrogen (secondary N) is 1. The zero-order valence-electron chi connectivity index (χ0n) is 18.9. The summed E-state index contributed by atoms with van der Waals surface area (Å²) < 4.78 is 38.2. The molecule has 3 aromatic rings. The van der Waals surface area contributed by atoms with E-state index < -0.39 is 22.5 Å². The zero-order chi connectivity index (χ0) is 25.4. The Hall–Kier alpha value is -2.89. The monoisotopic (exact) mass is 623 g/mol. The first kappa shape index (κ1) is 26.7. The van der Waals surface area contributed by atoms with Gasteiger partial charge in [-0.15, -0.1) is 0 Å². The van der Waals surface area contributed by atoms with E-state index in [0.717, 1.165) is 20.6 Å². The van der Waals surface area contributed by atoms with Crippen LogP contribution in [-0.2, 0) is 21.4 Å². The number of benzene rings is 3. The Balaban J connectivity index is 1.67. The smallest absolute Gasteiger partial charge is 0.260 e. The number of halogens is 2. The van der Waals surface area contributed by atoms with Crippen LogP contribution in [0.25, 0.3) is 0 Å². The minimum absolute atomic E-state index is 0.370. The lowest BCUT2D eigenvalue weighted by Crippen LogP contribution is -2.39. The number of hydrogen-bond donors (Lipinski definition) is 1. The van der Waals surface area contributed by atoms with E-state index in [1.54, 1.807) is 36.4 Å². The fourth-order valence-corrected chi connectivity index (χ4v) is 4.73. The molecule has 35 heavy (non-hydrogen) atoms. The second-order valence-electron chi connectivity index (χ2n) is 7.35. The Morgan fingerprint density at radius 2 is 1.77 bits per heavy atom. The number of sulfonamides is 1.